The lowest BCUT2D eigenvalue weighted by Gasteiger charge is -2.22. The van der Waals surface area contributed by atoms with Gasteiger partial charge in [0.05, 0.1) is 0 Å². The van der Waals surface area contributed by atoms with Crippen molar-refractivity contribution in [3.8, 4) is 0 Å². The molecule has 0 fully saturated rings. The van der Waals surface area contributed by atoms with Crippen molar-refractivity contribution in [3.05, 3.63) is 35.4 Å². The van der Waals surface area contributed by atoms with E-state index < -0.39 is 0 Å². The summed E-state index contributed by atoms with van der Waals surface area (Å²) in [5.41, 5.74) is 8.86. The second-order valence-electron chi connectivity index (χ2n) is 5.45. The van der Waals surface area contributed by atoms with Crippen molar-refractivity contribution in [1.82, 2.24) is 4.90 Å². The third kappa shape index (κ3) is 3.56. The average molecular weight is 246 g/mol. The maximum atomic E-state index is 5.79. The Bertz CT molecular complexity index is 358. The fraction of sp³-hybridized carbons (Fsp3) is 0.625. The van der Waals surface area contributed by atoms with Crippen LogP contribution in [0.2, 0.25) is 0 Å². The summed E-state index contributed by atoms with van der Waals surface area (Å²) < 4.78 is 0. The molecule has 0 radical (unpaired) electrons. The van der Waals surface area contributed by atoms with Crippen molar-refractivity contribution < 1.29 is 0 Å². The van der Waals surface area contributed by atoms with Gasteiger partial charge in [0.25, 0.3) is 0 Å². The molecule has 0 aliphatic carbocycles. The van der Waals surface area contributed by atoms with Gasteiger partial charge in [-0.2, -0.15) is 0 Å². The van der Waals surface area contributed by atoms with Gasteiger partial charge in [0.15, 0.2) is 0 Å². The predicted molar refractivity (Wildman–Crippen MR) is 77.5 cm³/mol. The second-order valence-corrected chi connectivity index (χ2v) is 5.45. The third-order valence-electron chi connectivity index (χ3n) is 4.20. The molecule has 1 aliphatic heterocycles. The maximum absolute atomic E-state index is 5.79. The fourth-order valence-electron chi connectivity index (χ4n) is 2.81. The van der Waals surface area contributed by atoms with Gasteiger partial charge in [-0.05, 0) is 55.9 Å². The Kier molecular flexibility index (Phi) is 5.21. The molecule has 1 aromatic carbocycles. The summed E-state index contributed by atoms with van der Waals surface area (Å²) in [5.74, 6) is 0.698. The molecule has 2 rings (SSSR count). The van der Waals surface area contributed by atoms with Gasteiger partial charge < -0.3 is 5.73 Å². The lowest BCUT2D eigenvalue weighted by molar-refractivity contribution is 0.246. The Morgan fingerprint density at radius 3 is 2.78 bits per heavy atom. The van der Waals surface area contributed by atoms with Crippen LogP contribution in [0.1, 0.15) is 37.3 Å². The van der Waals surface area contributed by atoms with Crippen LogP contribution < -0.4 is 5.73 Å². The van der Waals surface area contributed by atoms with Crippen molar-refractivity contribution in [2.75, 3.05) is 19.6 Å². The van der Waals surface area contributed by atoms with Crippen LogP contribution in [0.4, 0.5) is 0 Å². The first kappa shape index (κ1) is 13.6. The first-order chi connectivity index (χ1) is 8.83. The number of nitrogens with zero attached hydrogens (tertiary/aromatic N) is 1. The van der Waals surface area contributed by atoms with E-state index in [1.54, 1.807) is 5.56 Å². The quantitative estimate of drug-likeness (QED) is 0.865. The van der Waals surface area contributed by atoms with Crippen LogP contribution in [0.25, 0.3) is 0 Å². The number of benzene rings is 1. The SMILES string of the molecule is CCC(CN)CCN1CCCc2ccccc2C1. The zero-order valence-corrected chi connectivity index (χ0v) is 11.6. The molecule has 1 aliphatic rings. The second kappa shape index (κ2) is 6.91. The molecule has 1 heterocycles. The molecule has 0 aromatic heterocycles. The lowest BCUT2D eigenvalue weighted by Crippen LogP contribution is -2.27. The first-order valence-electron chi connectivity index (χ1n) is 7.32. The van der Waals surface area contributed by atoms with E-state index in [9.17, 15) is 0 Å². The predicted octanol–water partition coefficient (Wildman–Crippen LogP) is 2.81. The molecule has 1 atom stereocenters. The topological polar surface area (TPSA) is 29.3 Å². The Labute approximate surface area is 111 Å². The molecule has 0 saturated heterocycles. The van der Waals surface area contributed by atoms with Crippen LogP contribution in [-0.4, -0.2) is 24.5 Å². The van der Waals surface area contributed by atoms with Crippen molar-refractivity contribution >= 4 is 0 Å². The number of nitrogens with two attached hydrogens (primary N) is 1. The van der Waals surface area contributed by atoms with Crippen LogP contribution >= 0.6 is 0 Å². The van der Waals surface area contributed by atoms with Gasteiger partial charge >= 0.3 is 0 Å². The van der Waals surface area contributed by atoms with Crippen molar-refractivity contribution in [2.45, 2.75) is 39.2 Å². The first-order valence-corrected chi connectivity index (χ1v) is 7.32. The van der Waals surface area contributed by atoms with E-state index in [1.807, 2.05) is 0 Å². The standard InChI is InChI=1S/C16H26N2/c1-2-14(12-17)9-11-18-10-5-8-15-6-3-4-7-16(15)13-18/h3-4,6-7,14H,2,5,8-13,17H2,1H3. The van der Waals surface area contributed by atoms with E-state index in [0.717, 1.165) is 13.1 Å². The van der Waals surface area contributed by atoms with Crippen molar-refractivity contribution in [3.63, 3.8) is 0 Å². The Morgan fingerprint density at radius 2 is 2.06 bits per heavy atom. The Hall–Kier alpha value is -0.860. The minimum Gasteiger partial charge on any atom is -0.330 e. The summed E-state index contributed by atoms with van der Waals surface area (Å²) in [6, 6.07) is 8.90. The lowest BCUT2D eigenvalue weighted by atomic mass is 10.0. The molecule has 0 bridgehead atoms. The van der Waals surface area contributed by atoms with E-state index in [4.69, 9.17) is 5.73 Å². The highest BCUT2D eigenvalue weighted by Crippen LogP contribution is 2.19. The number of hydrogen-bond acceptors (Lipinski definition) is 2. The largest absolute Gasteiger partial charge is 0.330 e. The van der Waals surface area contributed by atoms with Crippen LogP contribution in [0.15, 0.2) is 24.3 Å². The highest BCUT2D eigenvalue weighted by molar-refractivity contribution is 5.27. The molecule has 1 aromatic rings. The zero-order chi connectivity index (χ0) is 12.8. The van der Waals surface area contributed by atoms with Crippen LogP contribution in [0.5, 0.6) is 0 Å². The molecule has 100 valence electrons. The van der Waals surface area contributed by atoms with Crippen molar-refractivity contribution in [2.24, 2.45) is 11.7 Å². The van der Waals surface area contributed by atoms with Gasteiger partial charge in [-0.25, -0.2) is 0 Å². The van der Waals surface area contributed by atoms with Crippen LogP contribution in [-0.2, 0) is 13.0 Å². The average Bonchev–Trinajstić information content (AvgIpc) is 2.61. The van der Waals surface area contributed by atoms with Gasteiger partial charge in [0, 0.05) is 6.54 Å². The highest BCUT2D eigenvalue weighted by Gasteiger charge is 2.14. The number of rotatable bonds is 5. The summed E-state index contributed by atoms with van der Waals surface area (Å²) in [7, 11) is 0. The van der Waals surface area contributed by atoms with Crippen LogP contribution in [0.3, 0.4) is 0 Å². The van der Waals surface area contributed by atoms with Crippen LogP contribution in [0, 0.1) is 5.92 Å². The maximum Gasteiger partial charge on any atom is 0.0236 e. The molecule has 0 amide bonds. The van der Waals surface area contributed by atoms with Gasteiger partial charge in [-0.3, -0.25) is 4.90 Å². The number of aryl methyl sites for hydroxylation is 1. The van der Waals surface area contributed by atoms with E-state index in [2.05, 4.69) is 36.1 Å². The summed E-state index contributed by atoms with van der Waals surface area (Å²) in [4.78, 5) is 2.60. The Morgan fingerprint density at radius 1 is 1.28 bits per heavy atom. The number of hydrogen-bond donors (Lipinski definition) is 1. The molecule has 2 heteroatoms. The molecule has 2 N–H and O–H groups in total. The van der Waals surface area contributed by atoms with E-state index >= 15 is 0 Å². The summed E-state index contributed by atoms with van der Waals surface area (Å²) >= 11 is 0. The molecule has 0 spiro atoms. The normalized spacial score (nSPS) is 18.1. The van der Waals surface area contributed by atoms with Crippen molar-refractivity contribution in [1.29, 1.82) is 0 Å². The minimum absolute atomic E-state index is 0.698. The molecular weight excluding hydrogens is 220 g/mol. The fourth-order valence-corrected chi connectivity index (χ4v) is 2.81. The zero-order valence-electron chi connectivity index (χ0n) is 11.6. The summed E-state index contributed by atoms with van der Waals surface area (Å²) in [5, 5.41) is 0. The monoisotopic (exact) mass is 246 g/mol. The molecule has 1 unspecified atom stereocenters. The van der Waals surface area contributed by atoms with Gasteiger partial charge in [-0.1, -0.05) is 37.6 Å². The van der Waals surface area contributed by atoms with Gasteiger partial charge in [-0.15, -0.1) is 0 Å². The molecular formula is C16H26N2. The van der Waals surface area contributed by atoms with Gasteiger partial charge in [0.2, 0.25) is 0 Å². The summed E-state index contributed by atoms with van der Waals surface area (Å²) in [6.45, 7) is 6.63. The summed E-state index contributed by atoms with van der Waals surface area (Å²) in [6.07, 6.45) is 4.98. The van der Waals surface area contributed by atoms with E-state index in [0.29, 0.717) is 5.92 Å². The third-order valence-corrected chi connectivity index (χ3v) is 4.20. The minimum atomic E-state index is 0.698. The molecule has 2 nitrogen and oxygen atoms in total. The van der Waals surface area contributed by atoms with E-state index in [-0.39, 0.29) is 0 Å². The molecule has 18 heavy (non-hydrogen) atoms. The highest BCUT2D eigenvalue weighted by atomic mass is 15.1. The number of fused-ring (bicyclic) bond motifs is 1. The van der Waals surface area contributed by atoms with E-state index in [1.165, 1.54) is 44.3 Å². The molecule has 0 saturated carbocycles. The van der Waals surface area contributed by atoms with Gasteiger partial charge in [0.1, 0.15) is 0 Å². The Balaban J connectivity index is 1.91. The smallest absolute Gasteiger partial charge is 0.0236 e.